The van der Waals surface area contributed by atoms with Crippen LogP contribution in [0.15, 0.2) is 41.8 Å². The van der Waals surface area contributed by atoms with Gasteiger partial charge in [-0.1, -0.05) is 6.07 Å². The Labute approximate surface area is 153 Å². The first-order valence-electron chi connectivity index (χ1n) is 8.65. The number of nitrogens with zero attached hydrogens (tertiary/aromatic N) is 1. The molecule has 1 atom stereocenters. The van der Waals surface area contributed by atoms with Gasteiger partial charge in [0.05, 0.1) is 20.2 Å². The van der Waals surface area contributed by atoms with Gasteiger partial charge in [-0.15, -0.1) is 11.3 Å². The molecule has 0 aliphatic carbocycles. The van der Waals surface area contributed by atoms with Gasteiger partial charge in [0, 0.05) is 23.2 Å². The smallest absolute Gasteiger partial charge is 0.234 e. The monoisotopic (exact) mass is 359 g/mol. The average Bonchev–Trinajstić information content (AvgIpc) is 3.15. The van der Waals surface area contributed by atoms with Gasteiger partial charge in [0.15, 0.2) is 0 Å². The maximum absolute atomic E-state index is 12.2. The zero-order chi connectivity index (χ0) is 17.5. The van der Waals surface area contributed by atoms with Gasteiger partial charge in [-0.3, -0.25) is 9.69 Å². The number of piperidine rings is 1. The average molecular weight is 359 g/mol. The van der Waals surface area contributed by atoms with Crippen LogP contribution in [0.25, 0.3) is 0 Å². The number of anilines is 1. The molecule has 0 spiro atoms. The lowest BCUT2D eigenvalue weighted by Gasteiger charge is -2.33. The van der Waals surface area contributed by atoms with Crippen LogP contribution in [0, 0.1) is 0 Å². The first-order chi connectivity index (χ1) is 12.2. The number of rotatable bonds is 7. The van der Waals surface area contributed by atoms with Crippen molar-refractivity contribution in [2.24, 2.45) is 0 Å². The van der Waals surface area contributed by atoms with Crippen LogP contribution in [0.3, 0.4) is 0 Å². The minimum absolute atomic E-state index is 0.0958. The molecule has 0 radical (unpaired) electrons. The second-order valence-corrected chi connectivity index (χ2v) is 7.34. The predicted molar refractivity (Wildman–Crippen MR) is 102 cm³/mol. The van der Waals surface area contributed by atoms with Crippen LogP contribution in [0.4, 0.5) is 5.69 Å². The minimum Gasteiger partial charge on any atom is -0.497 e. The lowest BCUT2D eigenvalue weighted by molar-refractivity contribution is -0.122. The van der Waals surface area contributed by atoms with Crippen molar-refractivity contribution in [1.82, 2.24) is 10.2 Å². The molecule has 1 amide bonds. The van der Waals surface area contributed by atoms with Gasteiger partial charge in [-0.05, 0) is 55.1 Å². The lowest BCUT2D eigenvalue weighted by Crippen LogP contribution is -2.46. The quantitative estimate of drug-likeness (QED) is 0.798. The highest BCUT2D eigenvalue weighted by Gasteiger charge is 2.21. The van der Waals surface area contributed by atoms with E-state index in [9.17, 15) is 4.79 Å². The first kappa shape index (κ1) is 17.8. The summed E-state index contributed by atoms with van der Waals surface area (Å²) in [5.74, 6) is 0.955. The van der Waals surface area contributed by atoms with Gasteiger partial charge >= 0.3 is 0 Å². The Balaban J connectivity index is 1.44. The molecule has 3 rings (SSSR count). The van der Waals surface area contributed by atoms with Crippen molar-refractivity contribution in [2.45, 2.75) is 25.4 Å². The standard InChI is InChI=1S/C19H25N3O2S/c1-24-17-8-6-15(7-9-17)21-16-4-2-10-22(13-16)14-19(23)20-12-18-5-3-11-25-18/h3,5-9,11,16,21H,2,4,10,12-14H2,1H3,(H,20,23)/t16-/m0/s1. The number of hydrogen-bond donors (Lipinski definition) is 2. The number of benzene rings is 1. The summed E-state index contributed by atoms with van der Waals surface area (Å²) in [6.07, 6.45) is 2.23. The van der Waals surface area contributed by atoms with E-state index in [4.69, 9.17) is 4.74 Å². The van der Waals surface area contributed by atoms with Crippen molar-refractivity contribution in [3.05, 3.63) is 46.7 Å². The summed E-state index contributed by atoms with van der Waals surface area (Å²) in [5, 5.41) is 8.60. The van der Waals surface area contributed by atoms with Crippen LogP contribution in [0.1, 0.15) is 17.7 Å². The highest BCUT2D eigenvalue weighted by Crippen LogP contribution is 2.19. The van der Waals surface area contributed by atoms with E-state index in [1.165, 1.54) is 4.88 Å². The van der Waals surface area contributed by atoms with Crippen molar-refractivity contribution in [1.29, 1.82) is 0 Å². The Hall–Kier alpha value is -2.05. The molecule has 6 heteroatoms. The molecule has 2 N–H and O–H groups in total. The topological polar surface area (TPSA) is 53.6 Å². The highest BCUT2D eigenvalue weighted by atomic mass is 32.1. The number of likely N-dealkylation sites (tertiary alicyclic amines) is 1. The zero-order valence-corrected chi connectivity index (χ0v) is 15.3. The molecule has 134 valence electrons. The van der Waals surface area contributed by atoms with E-state index >= 15 is 0 Å². The number of amides is 1. The van der Waals surface area contributed by atoms with Crippen LogP contribution in [0.5, 0.6) is 5.75 Å². The fourth-order valence-electron chi connectivity index (χ4n) is 3.10. The molecule has 1 fully saturated rings. The normalized spacial score (nSPS) is 17.9. The number of thiophene rings is 1. The van der Waals surface area contributed by atoms with Crippen molar-refractivity contribution in [3.63, 3.8) is 0 Å². The van der Waals surface area contributed by atoms with E-state index in [0.29, 0.717) is 19.1 Å². The van der Waals surface area contributed by atoms with Crippen LogP contribution >= 0.6 is 11.3 Å². The Morgan fingerprint density at radius 1 is 1.32 bits per heavy atom. The molecule has 0 bridgehead atoms. The Bertz CT molecular complexity index is 658. The van der Waals surface area contributed by atoms with Crippen LogP contribution < -0.4 is 15.4 Å². The number of ether oxygens (including phenoxy) is 1. The molecular weight excluding hydrogens is 334 g/mol. The Morgan fingerprint density at radius 2 is 2.16 bits per heavy atom. The fourth-order valence-corrected chi connectivity index (χ4v) is 3.74. The summed E-state index contributed by atoms with van der Waals surface area (Å²) in [4.78, 5) is 15.6. The number of carbonyl (C=O) groups excluding carboxylic acids is 1. The number of methoxy groups -OCH3 is 1. The van der Waals surface area contributed by atoms with Gasteiger partial charge < -0.3 is 15.4 Å². The van der Waals surface area contributed by atoms with E-state index < -0.39 is 0 Å². The molecule has 2 heterocycles. The molecule has 0 unspecified atom stereocenters. The van der Waals surface area contributed by atoms with Crippen molar-refractivity contribution in [2.75, 3.05) is 32.1 Å². The number of nitrogens with one attached hydrogen (secondary N) is 2. The molecule has 2 aromatic rings. The van der Waals surface area contributed by atoms with Crippen LogP contribution in [-0.2, 0) is 11.3 Å². The zero-order valence-electron chi connectivity index (χ0n) is 14.5. The van der Waals surface area contributed by atoms with Gasteiger partial charge in [0.25, 0.3) is 0 Å². The first-order valence-corrected chi connectivity index (χ1v) is 9.53. The summed E-state index contributed by atoms with van der Waals surface area (Å²) in [7, 11) is 1.67. The molecule has 1 aromatic heterocycles. The van der Waals surface area contributed by atoms with Gasteiger partial charge in [0.2, 0.25) is 5.91 Å². The van der Waals surface area contributed by atoms with E-state index in [0.717, 1.165) is 37.4 Å². The maximum atomic E-state index is 12.2. The van der Waals surface area contributed by atoms with Gasteiger partial charge in [-0.2, -0.15) is 0 Å². The molecule has 1 aromatic carbocycles. The number of hydrogen-bond acceptors (Lipinski definition) is 5. The Morgan fingerprint density at radius 3 is 2.88 bits per heavy atom. The largest absolute Gasteiger partial charge is 0.497 e. The molecule has 1 aliphatic heterocycles. The summed E-state index contributed by atoms with van der Waals surface area (Å²) < 4.78 is 5.19. The summed E-state index contributed by atoms with van der Waals surface area (Å²) >= 11 is 1.67. The highest BCUT2D eigenvalue weighted by molar-refractivity contribution is 7.09. The predicted octanol–water partition coefficient (Wildman–Crippen LogP) is 2.95. The van der Waals surface area contributed by atoms with Crippen molar-refractivity contribution >= 4 is 22.9 Å². The minimum atomic E-state index is 0.0958. The van der Waals surface area contributed by atoms with Crippen LogP contribution in [-0.4, -0.2) is 43.6 Å². The summed E-state index contributed by atoms with van der Waals surface area (Å²) in [6.45, 7) is 2.95. The summed E-state index contributed by atoms with van der Waals surface area (Å²) in [6, 6.07) is 12.4. The van der Waals surface area contributed by atoms with E-state index in [1.54, 1.807) is 18.4 Å². The van der Waals surface area contributed by atoms with E-state index in [1.807, 2.05) is 41.8 Å². The van der Waals surface area contributed by atoms with E-state index in [-0.39, 0.29) is 5.91 Å². The lowest BCUT2D eigenvalue weighted by atomic mass is 10.1. The van der Waals surface area contributed by atoms with Crippen molar-refractivity contribution < 1.29 is 9.53 Å². The molecule has 1 saturated heterocycles. The molecule has 1 aliphatic rings. The van der Waals surface area contributed by atoms with Gasteiger partial charge in [0.1, 0.15) is 5.75 Å². The van der Waals surface area contributed by atoms with E-state index in [2.05, 4.69) is 15.5 Å². The van der Waals surface area contributed by atoms with Crippen molar-refractivity contribution in [3.8, 4) is 5.75 Å². The SMILES string of the molecule is COc1ccc(N[C@H]2CCCN(CC(=O)NCc3cccs3)C2)cc1. The second kappa shape index (κ2) is 8.87. The Kier molecular flexibility index (Phi) is 6.30. The third kappa shape index (κ3) is 5.47. The maximum Gasteiger partial charge on any atom is 0.234 e. The third-order valence-corrected chi connectivity index (χ3v) is 5.25. The molecular formula is C19H25N3O2S. The fraction of sp³-hybridized carbons (Fsp3) is 0.421. The molecule has 25 heavy (non-hydrogen) atoms. The second-order valence-electron chi connectivity index (χ2n) is 6.30. The molecule has 0 saturated carbocycles. The van der Waals surface area contributed by atoms with Gasteiger partial charge in [-0.25, -0.2) is 0 Å². The van der Waals surface area contributed by atoms with Crippen LogP contribution in [0.2, 0.25) is 0 Å². The molecule has 5 nitrogen and oxygen atoms in total. The number of carbonyl (C=O) groups is 1. The third-order valence-electron chi connectivity index (χ3n) is 4.37. The summed E-state index contributed by atoms with van der Waals surface area (Å²) in [5.41, 5.74) is 1.09.